The van der Waals surface area contributed by atoms with Crippen LogP contribution in [0.25, 0.3) is 0 Å². The van der Waals surface area contributed by atoms with Crippen LogP contribution in [-0.4, -0.2) is 105 Å². The molecule has 2 aliphatic rings. The molecule has 0 bridgehead atoms. The third-order valence-corrected chi connectivity index (χ3v) is 12.9. The van der Waals surface area contributed by atoms with Crippen LogP contribution in [0, 0.1) is 0 Å². The second-order valence-corrected chi connectivity index (χ2v) is 16.6. The number of carbonyl (C=O) groups is 1. The Bertz CT molecular complexity index is 2120. The zero-order valence-corrected chi connectivity index (χ0v) is 39.4. The highest BCUT2D eigenvalue weighted by atomic mass is 16.5. The molecule has 0 spiro atoms. The Morgan fingerprint density at radius 3 is 1.31 bits per heavy atom. The van der Waals surface area contributed by atoms with Gasteiger partial charge in [-0.15, -0.1) is 0 Å². The van der Waals surface area contributed by atoms with Gasteiger partial charge in [-0.3, -0.25) is 14.6 Å². The number of carbonyl (C=O) groups excluding carboxylic acids is 1. The summed E-state index contributed by atoms with van der Waals surface area (Å²) in [5.74, 6) is 5.68. The summed E-state index contributed by atoms with van der Waals surface area (Å²) in [7, 11) is 13.4. The molecule has 64 heavy (non-hydrogen) atoms. The molecule has 6 rings (SSSR count). The molecule has 2 heterocycles. The van der Waals surface area contributed by atoms with Crippen LogP contribution in [0.15, 0.2) is 60.7 Å². The summed E-state index contributed by atoms with van der Waals surface area (Å²) >= 11 is 0. The monoisotopic (exact) mass is 883 g/mol. The highest BCUT2D eigenvalue weighted by Gasteiger charge is 2.31. The van der Waals surface area contributed by atoms with Crippen LogP contribution in [-0.2, 0) is 35.2 Å². The molecule has 0 radical (unpaired) electrons. The molecule has 348 valence electrons. The van der Waals surface area contributed by atoms with Crippen molar-refractivity contribution >= 4 is 5.97 Å². The van der Waals surface area contributed by atoms with E-state index >= 15 is 0 Å². The molecule has 4 aromatic rings. The quantitative estimate of drug-likeness (QED) is 0.0468. The van der Waals surface area contributed by atoms with Gasteiger partial charge in [-0.2, -0.15) is 0 Å². The summed E-state index contributed by atoms with van der Waals surface area (Å²) in [5.41, 5.74) is 7.35. The first-order valence-electron chi connectivity index (χ1n) is 22.8. The summed E-state index contributed by atoms with van der Waals surface area (Å²) in [4.78, 5) is 18.1. The summed E-state index contributed by atoms with van der Waals surface area (Å²) in [6, 6.07) is 21.0. The molecule has 0 N–H and O–H groups in total. The van der Waals surface area contributed by atoms with E-state index < -0.39 is 0 Å². The summed E-state index contributed by atoms with van der Waals surface area (Å²) < 4.78 is 50.7. The van der Waals surface area contributed by atoms with Crippen LogP contribution in [0.4, 0.5) is 0 Å². The van der Waals surface area contributed by atoms with Gasteiger partial charge < -0.3 is 42.6 Å². The Morgan fingerprint density at radius 2 is 0.859 bits per heavy atom. The first-order valence-corrected chi connectivity index (χ1v) is 22.8. The van der Waals surface area contributed by atoms with Crippen LogP contribution in [0.5, 0.6) is 46.0 Å². The van der Waals surface area contributed by atoms with Crippen molar-refractivity contribution < 1.29 is 47.4 Å². The lowest BCUT2D eigenvalue weighted by Gasteiger charge is -2.38. The number of nitrogens with zero attached hydrogens (tertiary/aromatic N) is 2. The molecule has 0 fully saturated rings. The molecule has 0 saturated heterocycles. The summed E-state index contributed by atoms with van der Waals surface area (Å²) in [5, 5.41) is 0. The number of methoxy groups -OCH3 is 8. The second kappa shape index (κ2) is 24.1. The van der Waals surface area contributed by atoms with Gasteiger partial charge in [-0.25, -0.2) is 0 Å². The SMILES string of the molecule is COc1ccc(C[C@@H]2c3cc(OC)c(OC)cc3CCN2CCCCCCCCCOC(=O)CCN2CCc3cc(OC)c(OC)cc3[C@H]2Cc2ccc(OC)c(OC)c2)cc1OC. The van der Waals surface area contributed by atoms with Crippen molar-refractivity contribution in [2.75, 3.05) is 89.7 Å². The lowest BCUT2D eigenvalue weighted by molar-refractivity contribution is -0.144. The standard InChI is InChI=1S/C52H70N2O10/c1-56-44-18-16-36(30-46(44)58-3)28-42-40-34-50(62-7)48(60-5)32-38(40)20-24-53(42)23-14-12-10-9-11-13-15-27-64-52(55)22-26-54-25-21-39-33-49(61-6)51(63-8)35-41(39)43(54)29-37-17-19-45(57-2)47(31-37)59-4/h16-19,30-35,42-43H,9-15,20-29H2,1-8H3/t42-,43-/m1/s1. The van der Waals surface area contributed by atoms with E-state index in [2.05, 4.69) is 52.3 Å². The number of hydrogen-bond acceptors (Lipinski definition) is 12. The van der Waals surface area contributed by atoms with Gasteiger partial charge in [0.1, 0.15) is 0 Å². The molecular formula is C52H70N2O10. The van der Waals surface area contributed by atoms with Gasteiger partial charge in [-0.05, 0) is 127 Å². The zero-order valence-electron chi connectivity index (χ0n) is 39.4. The molecule has 12 nitrogen and oxygen atoms in total. The Kier molecular flexibility index (Phi) is 18.1. The van der Waals surface area contributed by atoms with E-state index in [-0.39, 0.29) is 18.1 Å². The van der Waals surface area contributed by atoms with Gasteiger partial charge in [-0.1, -0.05) is 44.2 Å². The minimum absolute atomic E-state index is 0.0326. The number of hydrogen-bond donors (Lipinski definition) is 0. The summed E-state index contributed by atoms with van der Waals surface area (Å²) in [6.07, 6.45) is 11.5. The van der Waals surface area contributed by atoms with E-state index in [1.165, 1.54) is 47.1 Å². The topological polar surface area (TPSA) is 107 Å². The van der Waals surface area contributed by atoms with Crippen molar-refractivity contribution in [2.24, 2.45) is 0 Å². The van der Waals surface area contributed by atoms with Crippen molar-refractivity contribution in [1.82, 2.24) is 9.80 Å². The molecule has 4 aromatic carbocycles. The molecule has 2 aliphatic heterocycles. The predicted molar refractivity (Wildman–Crippen MR) is 250 cm³/mol. The molecule has 12 heteroatoms. The lowest BCUT2D eigenvalue weighted by atomic mass is 9.87. The highest BCUT2D eigenvalue weighted by molar-refractivity contribution is 5.69. The van der Waals surface area contributed by atoms with E-state index in [0.29, 0.717) is 36.8 Å². The van der Waals surface area contributed by atoms with Crippen molar-refractivity contribution in [3.8, 4) is 46.0 Å². The van der Waals surface area contributed by atoms with Gasteiger partial charge in [0, 0.05) is 31.7 Å². The molecule has 2 atom stereocenters. The maximum Gasteiger partial charge on any atom is 0.307 e. The number of rotatable bonds is 25. The fourth-order valence-corrected chi connectivity index (χ4v) is 9.43. The van der Waals surface area contributed by atoms with Crippen LogP contribution in [0.2, 0.25) is 0 Å². The molecule has 0 amide bonds. The van der Waals surface area contributed by atoms with E-state index in [9.17, 15) is 4.79 Å². The van der Waals surface area contributed by atoms with Crippen molar-refractivity contribution in [2.45, 2.75) is 89.1 Å². The number of fused-ring (bicyclic) bond motifs is 2. The molecule has 0 saturated carbocycles. The van der Waals surface area contributed by atoms with Crippen molar-refractivity contribution in [1.29, 1.82) is 0 Å². The van der Waals surface area contributed by atoms with E-state index in [1.807, 2.05) is 18.2 Å². The first-order chi connectivity index (χ1) is 31.3. The highest BCUT2D eigenvalue weighted by Crippen LogP contribution is 2.42. The Balaban J connectivity index is 0.939. The van der Waals surface area contributed by atoms with E-state index in [4.69, 9.17) is 42.6 Å². The minimum atomic E-state index is -0.148. The fraction of sp³-hybridized carbons (Fsp3) is 0.519. The zero-order chi connectivity index (χ0) is 45.4. The average Bonchev–Trinajstić information content (AvgIpc) is 3.33. The largest absolute Gasteiger partial charge is 0.493 e. The number of ether oxygens (including phenoxy) is 9. The maximum absolute atomic E-state index is 13.0. The second-order valence-electron chi connectivity index (χ2n) is 16.6. The predicted octanol–water partition coefficient (Wildman–Crippen LogP) is 9.40. The van der Waals surface area contributed by atoms with Gasteiger partial charge in [0.15, 0.2) is 46.0 Å². The molecule has 0 unspecified atom stereocenters. The van der Waals surface area contributed by atoms with Gasteiger partial charge in [0.05, 0.1) is 69.9 Å². The van der Waals surface area contributed by atoms with Crippen molar-refractivity contribution in [3.63, 3.8) is 0 Å². The van der Waals surface area contributed by atoms with Gasteiger partial charge >= 0.3 is 5.97 Å². The van der Waals surface area contributed by atoms with Gasteiger partial charge in [0.2, 0.25) is 0 Å². The third kappa shape index (κ3) is 12.1. The fourth-order valence-electron chi connectivity index (χ4n) is 9.43. The Hall–Kier alpha value is -5.33. The minimum Gasteiger partial charge on any atom is -0.493 e. The number of unbranched alkanes of at least 4 members (excludes halogenated alkanes) is 6. The van der Waals surface area contributed by atoms with Crippen molar-refractivity contribution in [3.05, 3.63) is 94.0 Å². The first kappa shape index (κ1) is 48.1. The van der Waals surface area contributed by atoms with Crippen LogP contribution in [0.1, 0.15) is 96.8 Å². The van der Waals surface area contributed by atoms with Crippen LogP contribution >= 0.6 is 0 Å². The molecule has 0 aromatic heterocycles. The Morgan fingerprint density at radius 1 is 0.469 bits per heavy atom. The average molecular weight is 883 g/mol. The normalized spacial score (nSPS) is 16.0. The van der Waals surface area contributed by atoms with Gasteiger partial charge in [0.25, 0.3) is 0 Å². The molecular weight excluding hydrogens is 813 g/mol. The van der Waals surface area contributed by atoms with Crippen LogP contribution in [0.3, 0.4) is 0 Å². The van der Waals surface area contributed by atoms with Crippen LogP contribution < -0.4 is 37.9 Å². The molecule has 0 aliphatic carbocycles. The number of esters is 1. The number of benzene rings is 4. The maximum atomic E-state index is 13.0. The van der Waals surface area contributed by atoms with E-state index in [1.54, 1.807) is 56.9 Å². The third-order valence-electron chi connectivity index (χ3n) is 12.9. The Labute approximate surface area is 381 Å². The smallest absolute Gasteiger partial charge is 0.307 e. The van der Waals surface area contributed by atoms with E-state index in [0.717, 1.165) is 105 Å². The summed E-state index contributed by atoms with van der Waals surface area (Å²) in [6.45, 7) is 3.92. The lowest BCUT2D eigenvalue weighted by Crippen LogP contribution is -2.38.